The van der Waals surface area contributed by atoms with Crippen molar-refractivity contribution in [3.05, 3.63) is 59.7 Å². The van der Waals surface area contributed by atoms with E-state index in [2.05, 4.69) is 10.6 Å². The second-order valence-electron chi connectivity index (χ2n) is 9.51. The number of hydrogen-bond donors (Lipinski definition) is 4. The van der Waals surface area contributed by atoms with Crippen LogP contribution in [-0.2, 0) is 14.4 Å². The van der Waals surface area contributed by atoms with E-state index >= 15 is 0 Å². The van der Waals surface area contributed by atoms with E-state index in [9.17, 15) is 24.3 Å². The van der Waals surface area contributed by atoms with Crippen LogP contribution >= 0.6 is 0 Å². The fraction of sp³-hybridized carbons (Fsp3) is 0.407. The Morgan fingerprint density at radius 2 is 1.84 bits per heavy atom. The molecular weight excluding hydrogens is 476 g/mol. The number of rotatable bonds is 10. The fourth-order valence-electron chi connectivity index (χ4n) is 5.44. The van der Waals surface area contributed by atoms with E-state index in [1.54, 1.807) is 49.4 Å². The summed E-state index contributed by atoms with van der Waals surface area (Å²) in [6, 6.07) is 12.7. The zero-order valence-corrected chi connectivity index (χ0v) is 20.9. The Morgan fingerprint density at radius 3 is 2.46 bits per heavy atom. The van der Waals surface area contributed by atoms with E-state index in [1.165, 1.54) is 0 Å². The lowest BCUT2D eigenvalue weighted by molar-refractivity contribution is -0.149. The number of amides is 4. The van der Waals surface area contributed by atoms with Gasteiger partial charge >= 0.3 is 12.0 Å². The van der Waals surface area contributed by atoms with Crippen LogP contribution in [0.5, 0.6) is 5.75 Å². The maximum Gasteiger partial charge on any atom is 0.324 e. The first kappa shape index (κ1) is 26.2. The highest BCUT2D eigenvalue weighted by atomic mass is 16.5. The average molecular weight is 509 g/mol. The zero-order valence-electron chi connectivity index (χ0n) is 20.9. The minimum absolute atomic E-state index is 0.0125. The molecule has 2 aromatic rings. The lowest BCUT2D eigenvalue weighted by atomic mass is 9.77. The molecule has 196 valence electrons. The second-order valence-corrected chi connectivity index (χ2v) is 9.51. The lowest BCUT2D eigenvalue weighted by Gasteiger charge is -2.31. The number of nitrogens with one attached hydrogen (secondary N) is 2. The highest BCUT2D eigenvalue weighted by molar-refractivity contribution is 6.24. The zero-order chi connectivity index (χ0) is 26.7. The summed E-state index contributed by atoms with van der Waals surface area (Å²) < 4.78 is 5.66. The van der Waals surface area contributed by atoms with Gasteiger partial charge < -0.3 is 20.9 Å². The Labute approximate surface area is 215 Å². The molecule has 5 N–H and O–H groups in total. The summed E-state index contributed by atoms with van der Waals surface area (Å²) in [4.78, 5) is 52.8. The molecular formula is C27H32N4O6. The van der Waals surface area contributed by atoms with Gasteiger partial charge in [0, 0.05) is 12.6 Å². The van der Waals surface area contributed by atoms with Crippen LogP contribution in [-0.4, -0.2) is 47.6 Å². The molecule has 37 heavy (non-hydrogen) atoms. The van der Waals surface area contributed by atoms with Crippen molar-refractivity contribution in [3.63, 3.8) is 0 Å². The van der Waals surface area contributed by atoms with Crippen LogP contribution in [0.2, 0.25) is 0 Å². The fourth-order valence-corrected chi connectivity index (χ4v) is 5.44. The summed E-state index contributed by atoms with van der Waals surface area (Å²) in [5.74, 6) is -3.60. The van der Waals surface area contributed by atoms with Gasteiger partial charge in [-0.25, -0.2) is 9.69 Å². The number of fused-ring (bicyclic) bond motifs is 1. The summed E-state index contributed by atoms with van der Waals surface area (Å²) in [6.07, 6.45) is 1.11. The number of aliphatic carboxylic acids is 1. The molecule has 0 bridgehead atoms. The van der Waals surface area contributed by atoms with Crippen LogP contribution in [0.4, 0.5) is 10.5 Å². The molecule has 2 heterocycles. The van der Waals surface area contributed by atoms with Crippen molar-refractivity contribution in [1.29, 1.82) is 0 Å². The van der Waals surface area contributed by atoms with Crippen LogP contribution in [0.1, 0.15) is 43.4 Å². The predicted octanol–water partition coefficient (Wildman–Crippen LogP) is 2.51. The van der Waals surface area contributed by atoms with Crippen LogP contribution in [0.25, 0.3) is 0 Å². The predicted molar refractivity (Wildman–Crippen MR) is 136 cm³/mol. The maximum absolute atomic E-state index is 13.9. The molecule has 4 atom stereocenters. The summed E-state index contributed by atoms with van der Waals surface area (Å²) >= 11 is 0. The third-order valence-corrected chi connectivity index (χ3v) is 7.15. The number of carbonyl (C=O) groups is 4. The Kier molecular flexibility index (Phi) is 7.49. The number of nitrogens with zero attached hydrogens (tertiary/aromatic N) is 1. The molecule has 2 aromatic carbocycles. The number of carbonyl (C=O) groups excluding carboxylic acids is 3. The van der Waals surface area contributed by atoms with Gasteiger partial charge in [-0.05, 0) is 55.5 Å². The molecule has 4 unspecified atom stereocenters. The van der Waals surface area contributed by atoms with Crippen LogP contribution < -0.4 is 26.0 Å². The van der Waals surface area contributed by atoms with Crippen molar-refractivity contribution < 1.29 is 29.0 Å². The number of benzene rings is 2. The molecule has 0 aromatic heterocycles. The molecule has 10 heteroatoms. The molecule has 0 aliphatic carbocycles. The number of urea groups is 1. The van der Waals surface area contributed by atoms with Crippen molar-refractivity contribution >= 4 is 29.5 Å². The van der Waals surface area contributed by atoms with Crippen LogP contribution in [0.15, 0.2) is 48.5 Å². The van der Waals surface area contributed by atoms with E-state index < -0.39 is 47.2 Å². The van der Waals surface area contributed by atoms with Crippen molar-refractivity contribution in [2.45, 2.75) is 44.7 Å². The first-order valence-electron chi connectivity index (χ1n) is 12.4. The molecule has 2 aliphatic heterocycles. The van der Waals surface area contributed by atoms with Crippen LogP contribution in [0, 0.1) is 18.8 Å². The van der Waals surface area contributed by atoms with Gasteiger partial charge in [0.2, 0.25) is 11.8 Å². The van der Waals surface area contributed by atoms with Gasteiger partial charge in [0.1, 0.15) is 11.3 Å². The summed E-state index contributed by atoms with van der Waals surface area (Å²) in [5.41, 5.74) is 5.30. The molecule has 10 nitrogen and oxygen atoms in total. The largest absolute Gasteiger partial charge is 0.494 e. The molecule has 4 amide bonds. The first-order valence-corrected chi connectivity index (χ1v) is 12.4. The second kappa shape index (κ2) is 10.6. The number of aryl methyl sites for hydroxylation is 1. The lowest BCUT2D eigenvalue weighted by Crippen LogP contribution is -2.56. The van der Waals surface area contributed by atoms with E-state index in [0.717, 1.165) is 16.9 Å². The summed E-state index contributed by atoms with van der Waals surface area (Å²) in [7, 11) is 0. The molecule has 2 aliphatic rings. The highest BCUT2D eigenvalue weighted by Gasteiger charge is 2.68. The highest BCUT2D eigenvalue weighted by Crippen LogP contribution is 2.51. The van der Waals surface area contributed by atoms with Crippen molar-refractivity contribution in [2.24, 2.45) is 17.6 Å². The van der Waals surface area contributed by atoms with Gasteiger partial charge in [0.15, 0.2) is 0 Å². The van der Waals surface area contributed by atoms with Crippen LogP contribution in [0.3, 0.4) is 0 Å². The topological polar surface area (TPSA) is 151 Å². The number of carboxylic acids is 1. The van der Waals surface area contributed by atoms with Crippen molar-refractivity contribution in [2.75, 3.05) is 18.1 Å². The van der Waals surface area contributed by atoms with Gasteiger partial charge in [-0.2, -0.15) is 0 Å². The van der Waals surface area contributed by atoms with Gasteiger partial charge in [-0.1, -0.05) is 37.3 Å². The van der Waals surface area contributed by atoms with Crippen molar-refractivity contribution in [3.8, 4) is 5.75 Å². The quantitative estimate of drug-likeness (QED) is 0.284. The minimum Gasteiger partial charge on any atom is -0.494 e. The first-order chi connectivity index (χ1) is 17.7. The Morgan fingerprint density at radius 1 is 1.14 bits per heavy atom. The Bertz CT molecular complexity index is 1200. The normalized spacial score (nSPS) is 24.7. The minimum atomic E-state index is -1.71. The number of primary amides is 1. The smallest absolute Gasteiger partial charge is 0.324 e. The van der Waals surface area contributed by atoms with Gasteiger partial charge in [0.25, 0.3) is 0 Å². The Hall–Kier alpha value is -3.92. The third-order valence-electron chi connectivity index (χ3n) is 7.15. The summed E-state index contributed by atoms with van der Waals surface area (Å²) in [5, 5.41) is 16.1. The third kappa shape index (κ3) is 4.76. The van der Waals surface area contributed by atoms with Gasteiger partial charge in [0.05, 0.1) is 24.1 Å². The molecule has 0 radical (unpaired) electrons. The van der Waals surface area contributed by atoms with E-state index in [4.69, 9.17) is 10.5 Å². The number of anilines is 1. The molecule has 2 fully saturated rings. The monoisotopic (exact) mass is 508 g/mol. The number of ether oxygens (including phenoxy) is 1. The number of imide groups is 1. The molecule has 2 saturated heterocycles. The Balaban J connectivity index is 1.75. The summed E-state index contributed by atoms with van der Waals surface area (Å²) in [6.45, 7) is 4.51. The molecule has 0 spiro atoms. The standard InChI is InChI=1S/C27H32N4O6/c1-3-15-37-18-11-9-17(10-12-18)22-20-21(27(30-22,25(34)35)13-6-14-29-26(28)36)24(33)31(23(20)32)19-8-5-4-7-16(19)2/h4-5,7-12,20-22,30H,3,6,13-15H2,1-2H3,(H,34,35)(H3,28,29,36). The number of para-hydroxylation sites is 1. The maximum atomic E-state index is 13.9. The number of hydrogen-bond acceptors (Lipinski definition) is 6. The number of nitrogens with two attached hydrogens (primary N) is 1. The van der Waals surface area contributed by atoms with E-state index in [-0.39, 0.29) is 19.4 Å². The number of carboxylic acid groups (broad SMARTS) is 1. The van der Waals surface area contributed by atoms with Gasteiger partial charge in [-0.15, -0.1) is 0 Å². The van der Waals surface area contributed by atoms with Crippen molar-refractivity contribution in [1.82, 2.24) is 10.6 Å². The van der Waals surface area contributed by atoms with E-state index in [0.29, 0.717) is 23.6 Å². The van der Waals surface area contributed by atoms with E-state index in [1.807, 2.05) is 13.0 Å². The molecule has 4 rings (SSSR count). The molecule has 0 saturated carbocycles. The SMILES string of the molecule is CCCOc1ccc(C2NC(CCCNC(N)=O)(C(=O)O)C3C(=O)N(c4ccccc4C)C(=O)C23)cc1. The van der Waals surface area contributed by atoms with Gasteiger partial charge in [-0.3, -0.25) is 19.7 Å². The average Bonchev–Trinajstić information content (AvgIpc) is 3.35.